The molecule has 1 saturated carbocycles. The second kappa shape index (κ2) is 7.32. The highest BCUT2D eigenvalue weighted by molar-refractivity contribution is 5.68. The van der Waals surface area contributed by atoms with Crippen LogP contribution in [0.3, 0.4) is 0 Å². The first-order valence-electron chi connectivity index (χ1n) is 8.74. The topological polar surface area (TPSA) is 41.6 Å². The summed E-state index contributed by atoms with van der Waals surface area (Å²) in [6.45, 7) is 7.93. The van der Waals surface area contributed by atoms with Crippen LogP contribution >= 0.6 is 0 Å². The predicted molar refractivity (Wildman–Crippen MR) is 85.7 cm³/mol. The zero-order valence-electron chi connectivity index (χ0n) is 14.5. The maximum absolute atomic E-state index is 13.1. The molecular weight excluding hydrogens is 302 g/mol. The molecule has 1 heterocycles. The van der Waals surface area contributed by atoms with Gasteiger partial charge in [-0.15, -0.1) is 0 Å². The van der Waals surface area contributed by atoms with Crippen LogP contribution < -0.4 is 5.32 Å². The molecule has 4 nitrogen and oxygen atoms in total. The lowest BCUT2D eigenvalue weighted by atomic mass is 9.92. The van der Waals surface area contributed by atoms with E-state index in [-0.39, 0.29) is 25.0 Å². The number of carbonyl (C=O) groups is 1. The Morgan fingerprint density at radius 1 is 1.26 bits per heavy atom. The van der Waals surface area contributed by atoms with E-state index in [1.807, 2.05) is 20.8 Å². The molecule has 6 heteroatoms. The Hall–Kier alpha value is -0.910. The molecule has 1 aliphatic heterocycles. The van der Waals surface area contributed by atoms with Crippen LogP contribution in [0.2, 0.25) is 0 Å². The zero-order chi connectivity index (χ0) is 17.1. The number of alkyl halides is 2. The highest BCUT2D eigenvalue weighted by atomic mass is 19.3. The summed E-state index contributed by atoms with van der Waals surface area (Å²) in [4.78, 5) is 13.8. The summed E-state index contributed by atoms with van der Waals surface area (Å²) in [5, 5.41) is 3.40. The first-order chi connectivity index (χ1) is 10.6. The summed E-state index contributed by atoms with van der Waals surface area (Å²) >= 11 is 0. The molecule has 2 aliphatic rings. The van der Waals surface area contributed by atoms with Gasteiger partial charge in [0.05, 0.1) is 0 Å². The van der Waals surface area contributed by atoms with Crippen molar-refractivity contribution in [2.45, 2.75) is 76.9 Å². The summed E-state index contributed by atoms with van der Waals surface area (Å²) in [6.07, 6.45) is 2.85. The Morgan fingerprint density at radius 2 is 1.91 bits per heavy atom. The standard InChI is InChI=1S/C17H30F2N2O2/c1-16(2,3)23-15(22)21-11-7-13(12-21)6-10-20-14-4-8-17(18,19)9-5-14/h13-14,20H,4-12H2,1-3H3/t13-/m1/s1. The van der Waals surface area contributed by atoms with Crippen LogP contribution in [-0.4, -0.2) is 48.2 Å². The highest BCUT2D eigenvalue weighted by Gasteiger charge is 2.35. The van der Waals surface area contributed by atoms with Crippen molar-refractivity contribution >= 4 is 6.09 Å². The fourth-order valence-corrected chi connectivity index (χ4v) is 3.30. The number of hydrogen-bond acceptors (Lipinski definition) is 3. The Balaban J connectivity index is 1.62. The molecule has 1 N–H and O–H groups in total. The number of carbonyl (C=O) groups excluding carboxylic acids is 1. The van der Waals surface area contributed by atoms with Gasteiger partial charge in [-0.3, -0.25) is 0 Å². The van der Waals surface area contributed by atoms with E-state index in [9.17, 15) is 13.6 Å². The molecular formula is C17H30F2N2O2. The van der Waals surface area contributed by atoms with Gasteiger partial charge in [-0.2, -0.15) is 0 Å². The number of ether oxygens (including phenoxy) is 1. The summed E-state index contributed by atoms with van der Waals surface area (Å²) in [5.74, 6) is -1.99. The van der Waals surface area contributed by atoms with E-state index in [1.54, 1.807) is 4.90 Å². The van der Waals surface area contributed by atoms with E-state index in [2.05, 4.69) is 5.32 Å². The molecule has 134 valence electrons. The molecule has 0 bridgehead atoms. The van der Waals surface area contributed by atoms with Gasteiger partial charge in [0.25, 0.3) is 0 Å². The lowest BCUT2D eigenvalue weighted by molar-refractivity contribution is -0.0404. The average Bonchev–Trinajstić information content (AvgIpc) is 2.88. The van der Waals surface area contributed by atoms with E-state index >= 15 is 0 Å². The quantitative estimate of drug-likeness (QED) is 0.851. The smallest absolute Gasteiger partial charge is 0.410 e. The number of nitrogens with one attached hydrogen (secondary N) is 1. The van der Waals surface area contributed by atoms with Crippen molar-refractivity contribution in [3.8, 4) is 0 Å². The number of nitrogens with zero attached hydrogens (tertiary/aromatic N) is 1. The fourth-order valence-electron chi connectivity index (χ4n) is 3.30. The molecule has 23 heavy (non-hydrogen) atoms. The van der Waals surface area contributed by atoms with E-state index in [0.717, 1.165) is 32.5 Å². The molecule has 1 atom stereocenters. The number of amides is 1. The van der Waals surface area contributed by atoms with Crippen LogP contribution in [0.4, 0.5) is 13.6 Å². The van der Waals surface area contributed by atoms with Crippen LogP contribution in [0.15, 0.2) is 0 Å². The van der Waals surface area contributed by atoms with Crippen molar-refractivity contribution in [2.24, 2.45) is 5.92 Å². The molecule has 0 unspecified atom stereocenters. The first kappa shape index (κ1) is 18.4. The molecule has 1 aliphatic carbocycles. The number of halogens is 2. The van der Waals surface area contributed by atoms with Gasteiger partial charge in [-0.25, -0.2) is 13.6 Å². The Labute approximate surface area is 137 Å². The van der Waals surface area contributed by atoms with Crippen LogP contribution in [0.5, 0.6) is 0 Å². The highest BCUT2D eigenvalue weighted by Crippen LogP contribution is 2.33. The van der Waals surface area contributed by atoms with Gasteiger partial charge in [-0.1, -0.05) is 0 Å². The minimum atomic E-state index is -2.46. The van der Waals surface area contributed by atoms with Gasteiger partial charge in [0.15, 0.2) is 0 Å². The largest absolute Gasteiger partial charge is 0.444 e. The van der Waals surface area contributed by atoms with E-state index in [4.69, 9.17) is 4.74 Å². The van der Waals surface area contributed by atoms with Crippen molar-refractivity contribution in [2.75, 3.05) is 19.6 Å². The van der Waals surface area contributed by atoms with Gasteiger partial charge in [0.1, 0.15) is 5.60 Å². The molecule has 0 spiro atoms. The van der Waals surface area contributed by atoms with Crippen LogP contribution in [0.1, 0.15) is 59.3 Å². The second-order valence-electron chi connectivity index (χ2n) is 7.95. The SMILES string of the molecule is CC(C)(C)OC(=O)N1CC[C@@H](CCNC2CCC(F)(F)CC2)C1. The lowest BCUT2D eigenvalue weighted by Gasteiger charge is -2.29. The molecule has 1 saturated heterocycles. The van der Waals surface area contributed by atoms with E-state index in [0.29, 0.717) is 18.8 Å². The minimum Gasteiger partial charge on any atom is -0.444 e. The first-order valence-corrected chi connectivity index (χ1v) is 8.74. The molecule has 2 fully saturated rings. The summed E-state index contributed by atoms with van der Waals surface area (Å²) < 4.78 is 31.6. The monoisotopic (exact) mass is 332 g/mol. The van der Waals surface area contributed by atoms with Crippen LogP contribution in [-0.2, 0) is 4.74 Å². The Morgan fingerprint density at radius 3 is 2.52 bits per heavy atom. The third kappa shape index (κ3) is 6.24. The molecule has 0 aromatic rings. The van der Waals surface area contributed by atoms with Crippen LogP contribution in [0.25, 0.3) is 0 Å². The van der Waals surface area contributed by atoms with Gasteiger partial charge in [0.2, 0.25) is 5.92 Å². The lowest BCUT2D eigenvalue weighted by Crippen LogP contribution is -2.38. The van der Waals surface area contributed by atoms with Crippen molar-refractivity contribution in [1.82, 2.24) is 10.2 Å². The van der Waals surface area contributed by atoms with E-state index in [1.165, 1.54) is 0 Å². The summed E-state index contributed by atoms with van der Waals surface area (Å²) in [5.41, 5.74) is -0.459. The minimum absolute atomic E-state index is 0.000513. The molecule has 0 aromatic carbocycles. The maximum atomic E-state index is 13.1. The normalized spacial score (nSPS) is 25.6. The summed E-state index contributed by atoms with van der Waals surface area (Å²) in [6, 6.07) is 0.220. The third-order valence-corrected chi connectivity index (χ3v) is 4.64. The second-order valence-corrected chi connectivity index (χ2v) is 7.95. The van der Waals surface area contributed by atoms with Crippen LogP contribution in [0, 0.1) is 5.92 Å². The van der Waals surface area contributed by atoms with Gasteiger partial charge in [0, 0.05) is 32.0 Å². The average molecular weight is 332 g/mol. The number of likely N-dealkylation sites (tertiary alicyclic amines) is 1. The van der Waals surface area contributed by atoms with Crippen molar-refractivity contribution in [1.29, 1.82) is 0 Å². The van der Waals surface area contributed by atoms with Crippen molar-refractivity contribution in [3.05, 3.63) is 0 Å². The van der Waals surface area contributed by atoms with Crippen molar-refractivity contribution < 1.29 is 18.3 Å². The van der Waals surface area contributed by atoms with Gasteiger partial charge >= 0.3 is 6.09 Å². The van der Waals surface area contributed by atoms with Crippen molar-refractivity contribution in [3.63, 3.8) is 0 Å². The summed E-state index contributed by atoms with van der Waals surface area (Å²) in [7, 11) is 0. The number of hydrogen-bond donors (Lipinski definition) is 1. The van der Waals surface area contributed by atoms with Gasteiger partial charge < -0.3 is 15.0 Å². The molecule has 0 radical (unpaired) electrons. The number of rotatable bonds is 4. The Kier molecular flexibility index (Phi) is 5.87. The third-order valence-electron chi connectivity index (χ3n) is 4.64. The maximum Gasteiger partial charge on any atom is 0.410 e. The molecule has 2 rings (SSSR count). The van der Waals surface area contributed by atoms with Gasteiger partial charge in [-0.05, 0) is 58.9 Å². The zero-order valence-corrected chi connectivity index (χ0v) is 14.5. The Bertz CT molecular complexity index is 400. The fraction of sp³-hybridized carbons (Fsp3) is 0.941. The molecule has 1 amide bonds. The molecule has 0 aromatic heterocycles. The predicted octanol–water partition coefficient (Wildman–Crippen LogP) is 3.80. The van der Waals surface area contributed by atoms with E-state index < -0.39 is 11.5 Å².